The van der Waals surface area contributed by atoms with Crippen molar-refractivity contribution in [3.63, 3.8) is 0 Å². The number of rotatable bonds is 4. The number of amides is 2. The number of aryl methyl sites for hydroxylation is 2. The number of halogens is 1. The van der Waals surface area contributed by atoms with Crippen LogP contribution in [0.1, 0.15) is 36.6 Å². The number of carbonyl (C=O) groups is 1. The fraction of sp³-hybridized carbons (Fsp3) is 0.278. The summed E-state index contributed by atoms with van der Waals surface area (Å²) in [6, 6.07) is 12.3. The summed E-state index contributed by atoms with van der Waals surface area (Å²) >= 11 is 0. The first-order valence-corrected chi connectivity index (χ1v) is 7.42. The molecule has 2 amide bonds. The average molecular weight is 300 g/mol. The maximum Gasteiger partial charge on any atom is 0.319 e. The van der Waals surface area contributed by atoms with Gasteiger partial charge in [0.05, 0.1) is 6.04 Å². The Labute approximate surface area is 130 Å². The normalized spacial score (nSPS) is 11.8. The molecule has 2 aromatic carbocycles. The molecular weight excluding hydrogens is 279 g/mol. The van der Waals surface area contributed by atoms with Crippen molar-refractivity contribution in [2.75, 3.05) is 5.32 Å². The van der Waals surface area contributed by atoms with Crippen LogP contribution in [0.5, 0.6) is 0 Å². The molecule has 22 heavy (non-hydrogen) atoms. The molecule has 1 unspecified atom stereocenters. The largest absolute Gasteiger partial charge is 0.331 e. The van der Waals surface area contributed by atoms with Gasteiger partial charge in [-0.05, 0) is 49.1 Å². The molecule has 0 aliphatic heterocycles. The van der Waals surface area contributed by atoms with Gasteiger partial charge in [-0.15, -0.1) is 0 Å². The van der Waals surface area contributed by atoms with Gasteiger partial charge in [0.15, 0.2) is 0 Å². The van der Waals surface area contributed by atoms with Crippen LogP contribution in [0.25, 0.3) is 0 Å². The zero-order chi connectivity index (χ0) is 16.1. The lowest BCUT2D eigenvalue weighted by Gasteiger charge is -2.15. The van der Waals surface area contributed by atoms with E-state index in [9.17, 15) is 9.18 Å². The molecule has 0 aliphatic rings. The molecule has 0 aromatic heterocycles. The second-order valence-electron chi connectivity index (χ2n) is 5.38. The summed E-state index contributed by atoms with van der Waals surface area (Å²) in [7, 11) is 0. The summed E-state index contributed by atoms with van der Waals surface area (Å²) in [5.41, 5.74) is 3.28. The molecule has 0 saturated heterocycles. The Morgan fingerprint density at radius 1 is 1.18 bits per heavy atom. The molecule has 0 bridgehead atoms. The number of benzene rings is 2. The van der Waals surface area contributed by atoms with Crippen molar-refractivity contribution < 1.29 is 9.18 Å². The van der Waals surface area contributed by atoms with Crippen LogP contribution in [-0.4, -0.2) is 6.03 Å². The molecule has 0 fully saturated rings. The Bertz CT molecular complexity index is 653. The first-order valence-electron chi connectivity index (χ1n) is 7.42. The monoisotopic (exact) mass is 300 g/mol. The van der Waals surface area contributed by atoms with Gasteiger partial charge in [0.25, 0.3) is 0 Å². The molecule has 0 heterocycles. The minimum absolute atomic E-state index is 0.124. The topological polar surface area (TPSA) is 41.1 Å². The van der Waals surface area contributed by atoms with E-state index in [-0.39, 0.29) is 17.9 Å². The van der Waals surface area contributed by atoms with Gasteiger partial charge in [0.1, 0.15) is 5.82 Å². The predicted molar refractivity (Wildman–Crippen MR) is 87.5 cm³/mol. The molecule has 2 rings (SSSR count). The van der Waals surface area contributed by atoms with Gasteiger partial charge >= 0.3 is 6.03 Å². The maximum atomic E-state index is 13.5. The van der Waals surface area contributed by atoms with Gasteiger partial charge in [0, 0.05) is 5.69 Å². The molecule has 1 atom stereocenters. The molecule has 4 heteroatoms. The van der Waals surface area contributed by atoms with E-state index in [1.807, 2.05) is 19.1 Å². The minimum Gasteiger partial charge on any atom is -0.331 e. The third-order valence-electron chi connectivity index (χ3n) is 3.67. The van der Waals surface area contributed by atoms with Gasteiger partial charge in [-0.2, -0.15) is 0 Å². The Kier molecular flexibility index (Phi) is 5.15. The molecular formula is C18H21FN2O. The van der Waals surface area contributed by atoms with Crippen molar-refractivity contribution in [1.29, 1.82) is 0 Å². The Morgan fingerprint density at radius 2 is 1.86 bits per heavy atom. The van der Waals surface area contributed by atoms with Crippen LogP contribution in [0.2, 0.25) is 0 Å². The van der Waals surface area contributed by atoms with Crippen LogP contribution in [-0.2, 0) is 6.42 Å². The van der Waals surface area contributed by atoms with E-state index in [1.54, 1.807) is 19.1 Å². The second-order valence-corrected chi connectivity index (χ2v) is 5.38. The van der Waals surface area contributed by atoms with E-state index in [4.69, 9.17) is 0 Å². The number of anilines is 1. The van der Waals surface area contributed by atoms with Crippen LogP contribution >= 0.6 is 0 Å². The first kappa shape index (κ1) is 16.0. The van der Waals surface area contributed by atoms with Crippen LogP contribution in [0, 0.1) is 12.7 Å². The summed E-state index contributed by atoms with van der Waals surface area (Å²) in [6.45, 7) is 5.70. The van der Waals surface area contributed by atoms with Crippen molar-refractivity contribution in [3.8, 4) is 0 Å². The summed E-state index contributed by atoms with van der Waals surface area (Å²) < 4.78 is 13.5. The van der Waals surface area contributed by atoms with Crippen molar-refractivity contribution in [2.45, 2.75) is 33.2 Å². The van der Waals surface area contributed by atoms with Crippen molar-refractivity contribution in [2.24, 2.45) is 0 Å². The van der Waals surface area contributed by atoms with E-state index >= 15 is 0 Å². The standard InChI is InChI=1S/C18H21FN2O/c1-4-14-6-8-15(9-7-14)13(3)20-18(22)21-16-10-5-12(2)17(19)11-16/h5-11,13H,4H2,1-3H3,(H2,20,21,22). The Morgan fingerprint density at radius 3 is 2.45 bits per heavy atom. The smallest absolute Gasteiger partial charge is 0.319 e. The first-order chi connectivity index (χ1) is 10.5. The molecule has 0 aliphatic carbocycles. The lowest BCUT2D eigenvalue weighted by atomic mass is 10.1. The molecule has 0 spiro atoms. The van der Waals surface area contributed by atoms with E-state index in [2.05, 4.69) is 29.7 Å². The van der Waals surface area contributed by atoms with Crippen molar-refractivity contribution >= 4 is 11.7 Å². The lowest BCUT2D eigenvalue weighted by Crippen LogP contribution is -2.31. The highest BCUT2D eigenvalue weighted by Gasteiger charge is 2.10. The lowest BCUT2D eigenvalue weighted by molar-refractivity contribution is 0.249. The highest BCUT2D eigenvalue weighted by atomic mass is 19.1. The average Bonchev–Trinajstić information content (AvgIpc) is 2.51. The third kappa shape index (κ3) is 4.07. The van der Waals surface area contributed by atoms with E-state index in [0.717, 1.165) is 12.0 Å². The highest BCUT2D eigenvalue weighted by molar-refractivity contribution is 5.89. The SMILES string of the molecule is CCc1ccc(C(C)NC(=O)Nc2ccc(C)c(F)c2)cc1. The van der Waals surface area contributed by atoms with Gasteiger partial charge in [-0.25, -0.2) is 9.18 Å². The highest BCUT2D eigenvalue weighted by Crippen LogP contribution is 2.16. The summed E-state index contributed by atoms with van der Waals surface area (Å²) in [4.78, 5) is 12.0. The molecule has 0 radical (unpaired) electrons. The molecule has 3 nitrogen and oxygen atoms in total. The third-order valence-corrected chi connectivity index (χ3v) is 3.67. The van der Waals surface area contributed by atoms with E-state index < -0.39 is 0 Å². The summed E-state index contributed by atoms with van der Waals surface area (Å²) in [5, 5.41) is 5.49. The quantitative estimate of drug-likeness (QED) is 0.852. The zero-order valence-corrected chi connectivity index (χ0v) is 13.1. The van der Waals surface area contributed by atoms with Crippen LogP contribution < -0.4 is 10.6 Å². The summed E-state index contributed by atoms with van der Waals surface area (Å²) in [5.74, 6) is -0.332. The van der Waals surface area contributed by atoms with Crippen LogP contribution in [0.15, 0.2) is 42.5 Å². The van der Waals surface area contributed by atoms with E-state index in [1.165, 1.54) is 11.6 Å². The summed E-state index contributed by atoms with van der Waals surface area (Å²) in [6.07, 6.45) is 0.988. The fourth-order valence-corrected chi connectivity index (χ4v) is 2.16. The molecule has 0 saturated carbocycles. The van der Waals surface area contributed by atoms with Crippen molar-refractivity contribution in [1.82, 2.24) is 5.32 Å². The van der Waals surface area contributed by atoms with Gasteiger partial charge < -0.3 is 10.6 Å². The Balaban J connectivity index is 1.96. The minimum atomic E-state index is -0.352. The van der Waals surface area contributed by atoms with Gasteiger partial charge in [-0.1, -0.05) is 37.3 Å². The van der Waals surface area contributed by atoms with E-state index in [0.29, 0.717) is 11.3 Å². The number of urea groups is 1. The van der Waals surface area contributed by atoms with Gasteiger partial charge in [-0.3, -0.25) is 0 Å². The number of carbonyl (C=O) groups excluding carboxylic acids is 1. The zero-order valence-electron chi connectivity index (χ0n) is 13.1. The Hall–Kier alpha value is -2.36. The second kappa shape index (κ2) is 7.07. The van der Waals surface area contributed by atoms with Crippen molar-refractivity contribution in [3.05, 3.63) is 65.0 Å². The maximum absolute atomic E-state index is 13.5. The fourth-order valence-electron chi connectivity index (χ4n) is 2.16. The number of nitrogens with one attached hydrogen (secondary N) is 2. The molecule has 2 N–H and O–H groups in total. The molecule has 2 aromatic rings. The number of hydrogen-bond acceptors (Lipinski definition) is 1. The van der Waals surface area contributed by atoms with Gasteiger partial charge in [0.2, 0.25) is 0 Å². The van der Waals surface area contributed by atoms with Crippen LogP contribution in [0.3, 0.4) is 0 Å². The number of hydrogen-bond donors (Lipinski definition) is 2. The van der Waals surface area contributed by atoms with Crippen LogP contribution in [0.4, 0.5) is 14.9 Å². The molecule has 116 valence electrons. The predicted octanol–water partition coefficient (Wildman–Crippen LogP) is 4.58.